The van der Waals surface area contributed by atoms with Crippen LogP contribution in [0.2, 0.25) is 0 Å². The number of hydrogen-bond acceptors (Lipinski definition) is 2. The van der Waals surface area contributed by atoms with Gasteiger partial charge < -0.3 is 15.6 Å². The van der Waals surface area contributed by atoms with E-state index in [-0.39, 0.29) is 11.4 Å². The number of carbonyl (C=O) groups is 1. The first-order valence-corrected chi connectivity index (χ1v) is 6.59. The number of imidazole rings is 1. The molecule has 0 unspecified atom stereocenters. The molecule has 0 fully saturated rings. The van der Waals surface area contributed by atoms with Gasteiger partial charge in [0.1, 0.15) is 5.82 Å². The van der Waals surface area contributed by atoms with Gasteiger partial charge in [-0.3, -0.25) is 0 Å². The molecule has 0 atom stereocenters. The number of H-pyrrole nitrogens is 1. The quantitative estimate of drug-likeness (QED) is 0.802. The molecule has 0 radical (unpaired) electrons. The van der Waals surface area contributed by atoms with Crippen molar-refractivity contribution < 1.29 is 4.79 Å². The fourth-order valence-electron chi connectivity index (χ4n) is 1.69. The van der Waals surface area contributed by atoms with Gasteiger partial charge in [-0.1, -0.05) is 32.9 Å². The van der Waals surface area contributed by atoms with Crippen molar-refractivity contribution in [3.63, 3.8) is 0 Å². The monoisotopic (exact) mass is 272 g/mol. The highest BCUT2D eigenvalue weighted by Gasteiger charge is 2.12. The summed E-state index contributed by atoms with van der Waals surface area (Å²) in [5, 5.41) is 5.68. The molecule has 2 amide bonds. The molecule has 0 aliphatic rings. The van der Waals surface area contributed by atoms with Gasteiger partial charge in [-0.2, -0.15) is 0 Å². The highest BCUT2D eigenvalue weighted by molar-refractivity contribution is 5.89. The van der Waals surface area contributed by atoms with Crippen molar-refractivity contribution in [1.29, 1.82) is 0 Å². The second-order valence-electron chi connectivity index (χ2n) is 5.89. The third-order valence-electron chi connectivity index (χ3n) is 2.67. The van der Waals surface area contributed by atoms with Crippen molar-refractivity contribution in [2.45, 2.75) is 20.8 Å². The maximum Gasteiger partial charge on any atom is 0.319 e. The van der Waals surface area contributed by atoms with E-state index in [9.17, 15) is 4.79 Å². The van der Waals surface area contributed by atoms with E-state index in [0.717, 1.165) is 17.1 Å². The number of benzene rings is 1. The van der Waals surface area contributed by atoms with E-state index in [1.54, 1.807) is 12.4 Å². The van der Waals surface area contributed by atoms with Crippen molar-refractivity contribution in [3.8, 4) is 11.4 Å². The highest BCUT2D eigenvalue weighted by atomic mass is 16.2. The molecule has 0 aliphatic heterocycles. The molecule has 1 aromatic carbocycles. The molecule has 1 aromatic heterocycles. The van der Waals surface area contributed by atoms with Crippen LogP contribution in [-0.4, -0.2) is 22.5 Å². The summed E-state index contributed by atoms with van der Waals surface area (Å²) in [4.78, 5) is 19.0. The van der Waals surface area contributed by atoms with Gasteiger partial charge in [-0.05, 0) is 17.5 Å². The predicted octanol–water partition coefficient (Wildman–Crippen LogP) is 3.24. The Morgan fingerprint density at radius 3 is 2.80 bits per heavy atom. The average molecular weight is 272 g/mol. The summed E-state index contributed by atoms with van der Waals surface area (Å²) >= 11 is 0. The van der Waals surface area contributed by atoms with Gasteiger partial charge in [0.25, 0.3) is 0 Å². The fourth-order valence-corrected chi connectivity index (χ4v) is 1.69. The lowest BCUT2D eigenvalue weighted by Crippen LogP contribution is -2.35. The van der Waals surface area contributed by atoms with Crippen molar-refractivity contribution in [2.24, 2.45) is 5.41 Å². The SMILES string of the molecule is CC(C)(C)CNC(=O)Nc1cccc(-c2ncc[nH]2)c1. The van der Waals surface area contributed by atoms with E-state index in [4.69, 9.17) is 0 Å². The van der Waals surface area contributed by atoms with E-state index in [1.807, 2.05) is 24.3 Å². The molecule has 0 bridgehead atoms. The van der Waals surface area contributed by atoms with E-state index >= 15 is 0 Å². The Hall–Kier alpha value is -2.30. The number of amides is 2. The molecule has 0 saturated carbocycles. The minimum absolute atomic E-state index is 0.0629. The fraction of sp³-hybridized carbons (Fsp3) is 0.333. The lowest BCUT2D eigenvalue weighted by Gasteiger charge is -2.19. The standard InChI is InChI=1S/C15H20N4O/c1-15(2,3)10-18-14(20)19-12-6-4-5-11(9-12)13-16-7-8-17-13/h4-9H,10H2,1-3H3,(H,16,17)(H2,18,19,20). The number of urea groups is 1. The Balaban J connectivity index is 2.00. The molecule has 106 valence electrons. The number of hydrogen-bond donors (Lipinski definition) is 3. The Morgan fingerprint density at radius 2 is 2.15 bits per heavy atom. The zero-order chi connectivity index (χ0) is 14.6. The molecule has 0 spiro atoms. The van der Waals surface area contributed by atoms with Crippen LogP contribution < -0.4 is 10.6 Å². The van der Waals surface area contributed by atoms with E-state index in [2.05, 4.69) is 41.4 Å². The second-order valence-corrected chi connectivity index (χ2v) is 5.89. The third kappa shape index (κ3) is 4.12. The summed E-state index contributed by atoms with van der Waals surface area (Å²) in [5.41, 5.74) is 1.74. The van der Waals surface area contributed by atoms with Crippen molar-refractivity contribution >= 4 is 11.7 Å². The number of nitrogens with one attached hydrogen (secondary N) is 3. The molecule has 5 heteroatoms. The van der Waals surface area contributed by atoms with Crippen molar-refractivity contribution in [3.05, 3.63) is 36.7 Å². The summed E-state index contributed by atoms with van der Waals surface area (Å²) < 4.78 is 0. The maximum atomic E-state index is 11.8. The molecule has 20 heavy (non-hydrogen) atoms. The summed E-state index contributed by atoms with van der Waals surface area (Å²) in [6.45, 7) is 6.84. The molecule has 3 N–H and O–H groups in total. The summed E-state index contributed by atoms with van der Waals surface area (Å²) in [5.74, 6) is 0.781. The molecule has 2 rings (SSSR count). The largest absolute Gasteiger partial charge is 0.345 e. The minimum atomic E-state index is -0.198. The van der Waals surface area contributed by atoms with Gasteiger partial charge in [0.05, 0.1) is 0 Å². The van der Waals surface area contributed by atoms with E-state index in [0.29, 0.717) is 6.54 Å². The van der Waals surface area contributed by atoms with Crippen LogP contribution in [0.15, 0.2) is 36.7 Å². The van der Waals surface area contributed by atoms with Gasteiger partial charge in [0, 0.05) is 30.2 Å². The van der Waals surface area contributed by atoms with Crippen LogP contribution in [0.3, 0.4) is 0 Å². The Morgan fingerprint density at radius 1 is 1.35 bits per heavy atom. The van der Waals surface area contributed by atoms with Crippen LogP contribution in [-0.2, 0) is 0 Å². The maximum absolute atomic E-state index is 11.8. The molecule has 5 nitrogen and oxygen atoms in total. The topological polar surface area (TPSA) is 69.8 Å². The average Bonchev–Trinajstić information content (AvgIpc) is 2.90. The number of rotatable bonds is 3. The second kappa shape index (κ2) is 5.77. The zero-order valence-electron chi connectivity index (χ0n) is 12.0. The summed E-state index contributed by atoms with van der Waals surface area (Å²) in [6.07, 6.45) is 3.47. The van der Waals surface area contributed by atoms with Gasteiger partial charge in [-0.25, -0.2) is 9.78 Å². The smallest absolute Gasteiger partial charge is 0.319 e. The Bertz CT molecular complexity index is 570. The number of anilines is 1. The Labute approximate surface area is 118 Å². The molecule has 0 saturated heterocycles. The van der Waals surface area contributed by atoms with Gasteiger partial charge in [0.2, 0.25) is 0 Å². The van der Waals surface area contributed by atoms with Gasteiger partial charge in [-0.15, -0.1) is 0 Å². The van der Waals surface area contributed by atoms with Crippen LogP contribution in [0.4, 0.5) is 10.5 Å². The van der Waals surface area contributed by atoms with Crippen LogP contribution >= 0.6 is 0 Å². The summed E-state index contributed by atoms with van der Waals surface area (Å²) in [7, 11) is 0. The van der Waals surface area contributed by atoms with E-state index in [1.165, 1.54) is 0 Å². The first-order valence-electron chi connectivity index (χ1n) is 6.59. The van der Waals surface area contributed by atoms with Crippen molar-refractivity contribution in [2.75, 3.05) is 11.9 Å². The first-order chi connectivity index (χ1) is 9.44. The molecular formula is C15H20N4O. The van der Waals surface area contributed by atoms with Gasteiger partial charge >= 0.3 is 6.03 Å². The lowest BCUT2D eigenvalue weighted by molar-refractivity contribution is 0.247. The number of aromatic nitrogens is 2. The lowest BCUT2D eigenvalue weighted by atomic mass is 9.97. The minimum Gasteiger partial charge on any atom is -0.345 e. The van der Waals surface area contributed by atoms with Crippen molar-refractivity contribution in [1.82, 2.24) is 15.3 Å². The molecule has 2 aromatic rings. The van der Waals surface area contributed by atoms with Gasteiger partial charge in [0.15, 0.2) is 0 Å². The first kappa shape index (κ1) is 14.1. The molecule has 1 heterocycles. The Kier molecular flexibility index (Phi) is 4.08. The zero-order valence-corrected chi connectivity index (χ0v) is 12.0. The number of aromatic amines is 1. The van der Waals surface area contributed by atoms with Crippen LogP contribution in [0, 0.1) is 5.41 Å². The van der Waals surface area contributed by atoms with Crippen LogP contribution in [0.25, 0.3) is 11.4 Å². The molecular weight excluding hydrogens is 252 g/mol. The molecule has 0 aliphatic carbocycles. The van der Waals surface area contributed by atoms with E-state index < -0.39 is 0 Å². The summed E-state index contributed by atoms with van der Waals surface area (Å²) in [6, 6.07) is 7.36. The van der Waals surface area contributed by atoms with Crippen LogP contribution in [0.5, 0.6) is 0 Å². The van der Waals surface area contributed by atoms with Crippen LogP contribution in [0.1, 0.15) is 20.8 Å². The number of nitrogens with zero attached hydrogens (tertiary/aromatic N) is 1. The predicted molar refractivity (Wildman–Crippen MR) is 80.5 cm³/mol. The highest BCUT2D eigenvalue weighted by Crippen LogP contribution is 2.19. The third-order valence-corrected chi connectivity index (χ3v) is 2.67. The number of carbonyl (C=O) groups excluding carboxylic acids is 1. The normalized spacial score (nSPS) is 11.2.